The van der Waals surface area contributed by atoms with Gasteiger partial charge in [-0.05, 0) is 30.2 Å². The second-order valence-corrected chi connectivity index (χ2v) is 4.63. The molecule has 0 atom stereocenters. The Morgan fingerprint density at radius 2 is 1.95 bits per heavy atom. The Bertz CT molecular complexity index is 698. The van der Waals surface area contributed by atoms with E-state index >= 15 is 0 Å². The van der Waals surface area contributed by atoms with E-state index < -0.39 is 0 Å². The van der Waals surface area contributed by atoms with Gasteiger partial charge in [0.25, 0.3) is 0 Å². The molecule has 0 bridgehead atoms. The minimum Gasteiger partial charge on any atom is -0.399 e. The first-order valence-corrected chi connectivity index (χ1v) is 6.38. The van der Waals surface area contributed by atoms with Gasteiger partial charge in [0.1, 0.15) is 5.69 Å². The summed E-state index contributed by atoms with van der Waals surface area (Å²) in [6, 6.07) is 9.65. The second-order valence-electron chi connectivity index (χ2n) is 4.63. The third-order valence-corrected chi connectivity index (χ3v) is 3.02. The molecule has 2 heterocycles. The number of nitrogens with two attached hydrogens (primary N) is 1. The SMILES string of the molecule is Cn1ccc(-c2noc(CCc3ccc(N)cc3)n2)n1. The predicted octanol–water partition coefficient (Wildman–Crippen LogP) is 1.84. The molecule has 6 nitrogen and oxygen atoms in total. The maximum Gasteiger partial charge on any atom is 0.227 e. The molecule has 0 aliphatic heterocycles. The number of aryl methyl sites for hydroxylation is 3. The van der Waals surface area contributed by atoms with E-state index in [0.717, 1.165) is 17.8 Å². The summed E-state index contributed by atoms with van der Waals surface area (Å²) in [5.74, 6) is 1.14. The van der Waals surface area contributed by atoms with Crippen LogP contribution in [-0.4, -0.2) is 19.9 Å². The highest BCUT2D eigenvalue weighted by Gasteiger charge is 2.10. The first-order valence-electron chi connectivity index (χ1n) is 6.38. The van der Waals surface area contributed by atoms with E-state index in [0.29, 0.717) is 18.1 Å². The van der Waals surface area contributed by atoms with Crippen LogP contribution in [0.4, 0.5) is 5.69 Å². The summed E-state index contributed by atoms with van der Waals surface area (Å²) in [5, 5.41) is 8.18. The Balaban J connectivity index is 1.67. The molecule has 102 valence electrons. The summed E-state index contributed by atoms with van der Waals surface area (Å²) in [5.41, 5.74) is 8.33. The number of hydrogen-bond donors (Lipinski definition) is 1. The number of nitrogen functional groups attached to an aromatic ring is 1. The third kappa shape index (κ3) is 2.69. The van der Waals surface area contributed by atoms with Gasteiger partial charge in [-0.3, -0.25) is 4.68 Å². The molecule has 6 heteroatoms. The topological polar surface area (TPSA) is 82.8 Å². The molecule has 0 aliphatic rings. The van der Waals surface area contributed by atoms with Crippen molar-refractivity contribution in [1.82, 2.24) is 19.9 Å². The maximum absolute atomic E-state index is 5.65. The third-order valence-electron chi connectivity index (χ3n) is 3.02. The van der Waals surface area contributed by atoms with Gasteiger partial charge in [-0.2, -0.15) is 10.1 Å². The van der Waals surface area contributed by atoms with Crippen LogP contribution < -0.4 is 5.73 Å². The molecular weight excluding hydrogens is 254 g/mol. The van der Waals surface area contributed by atoms with Gasteiger partial charge in [-0.1, -0.05) is 17.3 Å². The average molecular weight is 269 g/mol. The summed E-state index contributed by atoms with van der Waals surface area (Å²) in [4.78, 5) is 4.35. The van der Waals surface area contributed by atoms with Crippen molar-refractivity contribution in [1.29, 1.82) is 0 Å². The van der Waals surface area contributed by atoms with Crippen LogP contribution in [-0.2, 0) is 19.9 Å². The Labute approximate surface area is 116 Å². The fourth-order valence-electron chi connectivity index (χ4n) is 1.93. The van der Waals surface area contributed by atoms with E-state index in [4.69, 9.17) is 10.3 Å². The maximum atomic E-state index is 5.65. The van der Waals surface area contributed by atoms with Gasteiger partial charge in [0, 0.05) is 25.4 Å². The van der Waals surface area contributed by atoms with Gasteiger partial charge in [0.2, 0.25) is 11.7 Å². The number of hydrogen-bond acceptors (Lipinski definition) is 5. The van der Waals surface area contributed by atoms with Crippen LogP contribution in [0.5, 0.6) is 0 Å². The Kier molecular flexibility index (Phi) is 3.20. The van der Waals surface area contributed by atoms with Crippen LogP contribution in [0, 0.1) is 0 Å². The van der Waals surface area contributed by atoms with E-state index in [9.17, 15) is 0 Å². The van der Waals surface area contributed by atoms with Crippen molar-refractivity contribution < 1.29 is 4.52 Å². The summed E-state index contributed by atoms with van der Waals surface area (Å²) in [6.45, 7) is 0. The van der Waals surface area contributed by atoms with Crippen LogP contribution in [0.3, 0.4) is 0 Å². The van der Waals surface area contributed by atoms with E-state index in [1.54, 1.807) is 4.68 Å². The molecule has 0 fully saturated rings. The van der Waals surface area contributed by atoms with E-state index in [1.165, 1.54) is 5.56 Å². The van der Waals surface area contributed by atoms with Gasteiger partial charge < -0.3 is 10.3 Å². The molecule has 0 saturated carbocycles. The monoisotopic (exact) mass is 269 g/mol. The molecule has 0 unspecified atom stereocenters. The standard InChI is InChI=1S/C14H15N5O/c1-19-9-8-12(17-19)14-16-13(20-18-14)7-4-10-2-5-11(15)6-3-10/h2-3,5-6,8-9H,4,7,15H2,1H3. The van der Waals surface area contributed by atoms with E-state index in [2.05, 4.69) is 15.2 Å². The average Bonchev–Trinajstić information content (AvgIpc) is 3.07. The first-order chi connectivity index (χ1) is 9.70. The largest absolute Gasteiger partial charge is 0.399 e. The van der Waals surface area contributed by atoms with Crippen molar-refractivity contribution in [3.63, 3.8) is 0 Å². The lowest BCUT2D eigenvalue weighted by Crippen LogP contribution is -1.93. The minimum atomic E-state index is 0.526. The molecule has 3 rings (SSSR count). The lowest BCUT2D eigenvalue weighted by atomic mass is 10.1. The number of anilines is 1. The minimum absolute atomic E-state index is 0.526. The molecule has 1 aromatic carbocycles. The Morgan fingerprint density at radius 3 is 2.65 bits per heavy atom. The number of benzene rings is 1. The highest BCUT2D eigenvalue weighted by molar-refractivity contribution is 5.46. The van der Waals surface area contributed by atoms with Crippen molar-refractivity contribution in [3.05, 3.63) is 48.0 Å². The zero-order valence-corrected chi connectivity index (χ0v) is 11.2. The van der Waals surface area contributed by atoms with Crippen molar-refractivity contribution in [2.45, 2.75) is 12.8 Å². The molecule has 20 heavy (non-hydrogen) atoms. The molecule has 0 amide bonds. The fraction of sp³-hybridized carbons (Fsp3) is 0.214. The van der Waals surface area contributed by atoms with E-state index in [-0.39, 0.29) is 0 Å². The summed E-state index contributed by atoms with van der Waals surface area (Å²) < 4.78 is 6.95. The highest BCUT2D eigenvalue weighted by Crippen LogP contribution is 2.14. The van der Waals surface area contributed by atoms with Crippen molar-refractivity contribution in [2.24, 2.45) is 7.05 Å². The van der Waals surface area contributed by atoms with Gasteiger partial charge in [0.15, 0.2) is 0 Å². The number of aromatic nitrogens is 4. The molecule has 0 radical (unpaired) electrons. The Hall–Kier alpha value is -2.63. The molecule has 0 aliphatic carbocycles. The molecule has 2 N–H and O–H groups in total. The zero-order chi connectivity index (χ0) is 13.9. The lowest BCUT2D eigenvalue weighted by molar-refractivity contribution is 0.378. The van der Waals surface area contributed by atoms with Crippen LogP contribution in [0.1, 0.15) is 11.5 Å². The first kappa shape index (κ1) is 12.4. The molecule has 2 aromatic heterocycles. The summed E-state index contributed by atoms with van der Waals surface area (Å²) in [6.07, 6.45) is 3.38. The zero-order valence-electron chi connectivity index (χ0n) is 11.2. The number of nitrogens with zero attached hydrogens (tertiary/aromatic N) is 4. The predicted molar refractivity (Wildman–Crippen MR) is 74.8 cm³/mol. The van der Waals surface area contributed by atoms with Gasteiger partial charge in [-0.15, -0.1) is 0 Å². The van der Waals surface area contributed by atoms with Crippen LogP contribution >= 0.6 is 0 Å². The summed E-state index contributed by atoms with van der Waals surface area (Å²) in [7, 11) is 1.85. The smallest absolute Gasteiger partial charge is 0.227 e. The van der Waals surface area contributed by atoms with Crippen LogP contribution in [0.2, 0.25) is 0 Å². The summed E-state index contributed by atoms with van der Waals surface area (Å²) >= 11 is 0. The van der Waals surface area contributed by atoms with Gasteiger partial charge >= 0.3 is 0 Å². The van der Waals surface area contributed by atoms with Crippen LogP contribution in [0.25, 0.3) is 11.5 Å². The Morgan fingerprint density at radius 1 is 1.15 bits per heavy atom. The molecule has 0 saturated heterocycles. The fourth-order valence-corrected chi connectivity index (χ4v) is 1.93. The normalized spacial score (nSPS) is 10.8. The van der Waals surface area contributed by atoms with Gasteiger partial charge in [0.05, 0.1) is 0 Å². The van der Waals surface area contributed by atoms with Crippen molar-refractivity contribution in [3.8, 4) is 11.5 Å². The highest BCUT2D eigenvalue weighted by atomic mass is 16.5. The lowest BCUT2D eigenvalue weighted by Gasteiger charge is -1.98. The quantitative estimate of drug-likeness (QED) is 0.731. The van der Waals surface area contributed by atoms with E-state index in [1.807, 2.05) is 43.6 Å². The number of rotatable bonds is 4. The van der Waals surface area contributed by atoms with Crippen molar-refractivity contribution in [2.75, 3.05) is 5.73 Å². The second kappa shape index (κ2) is 5.16. The molecule has 3 aromatic rings. The van der Waals surface area contributed by atoms with Crippen molar-refractivity contribution >= 4 is 5.69 Å². The molecule has 0 spiro atoms. The van der Waals surface area contributed by atoms with Crippen LogP contribution in [0.15, 0.2) is 41.1 Å². The molecular formula is C14H15N5O. The van der Waals surface area contributed by atoms with Gasteiger partial charge in [-0.25, -0.2) is 0 Å².